The molecule has 4 rings (SSSR count). The highest BCUT2D eigenvalue weighted by atomic mass is 35.5. The van der Waals surface area contributed by atoms with Gasteiger partial charge in [-0.25, -0.2) is 13.1 Å². The fraction of sp³-hybridized carbons (Fsp3) is 0.435. The Bertz CT molecular complexity index is 1060. The van der Waals surface area contributed by atoms with E-state index in [1.54, 1.807) is 6.07 Å². The zero-order valence-corrected chi connectivity index (χ0v) is 19.6. The molecular weight excluding hydrogens is 450 g/mol. The molecule has 1 saturated carbocycles. The number of methoxy groups -OCH3 is 1. The molecule has 1 aliphatic heterocycles. The summed E-state index contributed by atoms with van der Waals surface area (Å²) in [4.78, 5) is 15.2. The zero-order chi connectivity index (χ0) is 22.7. The number of carbonyl (C=O) groups excluding carboxylic acids is 1. The summed E-state index contributed by atoms with van der Waals surface area (Å²) >= 11 is 5.95. The number of rotatable bonds is 8. The molecule has 0 bridgehead atoms. The highest BCUT2D eigenvalue weighted by molar-refractivity contribution is 7.89. The van der Waals surface area contributed by atoms with E-state index in [-0.39, 0.29) is 28.6 Å². The summed E-state index contributed by atoms with van der Waals surface area (Å²) in [6.07, 6.45) is 3.34. The summed E-state index contributed by atoms with van der Waals surface area (Å²) in [5.74, 6) is -0.0446. The second-order valence-corrected chi connectivity index (χ2v) is 10.5. The quantitative estimate of drug-likeness (QED) is 0.609. The second-order valence-electron chi connectivity index (χ2n) is 8.41. The van der Waals surface area contributed by atoms with Gasteiger partial charge in [0.25, 0.3) is 5.91 Å². The topological polar surface area (TPSA) is 87.7 Å². The lowest BCUT2D eigenvalue weighted by molar-refractivity contribution is 0.0908. The maximum absolute atomic E-state index is 12.8. The van der Waals surface area contributed by atoms with Crippen LogP contribution in [0.3, 0.4) is 0 Å². The molecule has 2 aromatic rings. The lowest BCUT2D eigenvalue weighted by atomic mass is 10.0. The lowest BCUT2D eigenvalue weighted by Gasteiger charge is -2.32. The number of ether oxygens (including phenoxy) is 1. The molecule has 1 amide bonds. The molecule has 1 aliphatic carbocycles. The summed E-state index contributed by atoms with van der Waals surface area (Å²) < 4.78 is 33.3. The number of hydrogen-bond donors (Lipinski definition) is 2. The van der Waals surface area contributed by atoms with E-state index in [1.165, 1.54) is 24.8 Å². The Balaban J connectivity index is 1.36. The van der Waals surface area contributed by atoms with Crippen molar-refractivity contribution >= 4 is 27.5 Å². The van der Waals surface area contributed by atoms with Gasteiger partial charge in [-0.2, -0.15) is 0 Å². The van der Waals surface area contributed by atoms with Gasteiger partial charge in [0, 0.05) is 42.3 Å². The van der Waals surface area contributed by atoms with Crippen molar-refractivity contribution in [3.05, 3.63) is 58.6 Å². The largest absolute Gasteiger partial charge is 0.495 e. The minimum atomic E-state index is -3.74. The molecule has 172 valence electrons. The van der Waals surface area contributed by atoms with Gasteiger partial charge in [-0.1, -0.05) is 23.7 Å². The minimum absolute atomic E-state index is 0.00247. The SMILES string of the molecule is COc1ccc(C(=O)NC2CCN(Cc3ccc(Cl)cc3)CC2)cc1S(=O)(=O)NC1CC1. The van der Waals surface area contributed by atoms with Crippen LogP contribution < -0.4 is 14.8 Å². The van der Waals surface area contributed by atoms with Crippen molar-refractivity contribution in [3.63, 3.8) is 0 Å². The first-order valence-electron chi connectivity index (χ1n) is 10.8. The van der Waals surface area contributed by atoms with Crippen LogP contribution in [-0.4, -0.2) is 51.5 Å². The average molecular weight is 478 g/mol. The maximum atomic E-state index is 12.8. The summed E-state index contributed by atoms with van der Waals surface area (Å²) in [6, 6.07) is 12.4. The van der Waals surface area contributed by atoms with Gasteiger partial charge < -0.3 is 10.1 Å². The van der Waals surface area contributed by atoms with E-state index >= 15 is 0 Å². The number of halogens is 1. The Kier molecular flexibility index (Phi) is 7.05. The van der Waals surface area contributed by atoms with Crippen molar-refractivity contribution in [2.75, 3.05) is 20.2 Å². The number of amides is 1. The first-order chi connectivity index (χ1) is 15.3. The van der Waals surface area contributed by atoms with Gasteiger partial charge in [0.15, 0.2) is 0 Å². The van der Waals surface area contributed by atoms with Crippen LogP contribution in [0, 0.1) is 0 Å². The molecule has 2 aliphatic rings. The third-order valence-electron chi connectivity index (χ3n) is 5.86. The molecule has 0 aromatic heterocycles. The van der Waals surface area contributed by atoms with Crippen LogP contribution >= 0.6 is 11.6 Å². The molecule has 9 heteroatoms. The number of nitrogens with zero attached hydrogens (tertiary/aromatic N) is 1. The lowest BCUT2D eigenvalue weighted by Crippen LogP contribution is -2.44. The number of benzene rings is 2. The Hall–Kier alpha value is -2.13. The molecule has 0 unspecified atom stereocenters. The molecule has 0 spiro atoms. The van der Waals surface area contributed by atoms with E-state index < -0.39 is 10.0 Å². The molecule has 2 N–H and O–H groups in total. The monoisotopic (exact) mass is 477 g/mol. The third-order valence-corrected chi connectivity index (χ3v) is 7.65. The summed E-state index contributed by atoms with van der Waals surface area (Å²) in [5, 5.41) is 3.79. The Labute approximate surface area is 194 Å². The van der Waals surface area contributed by atoms with E-state index in [0.717, 1.165) is 50.3 Å². The van der Waals surface area contributed by atoms with Crippen LogP contribution in [0.4, 0.5) is 0 Å². The van der Waals surface area contributed by atoms with Crippen LogP contribution in [0.5, 0.6) is 5.75 Å². The van der Waals surface area contributed by atoms with Crippen molar-refractivity contribution in [1.82, 2.24) is 14.9 Å². The van der Waals surface area contributed by atoms with E-state index in [4.69, 9.17) is 16.3 Å². The normalized spacial score (nSPS) is 17.8. The summed E-state index contributed by atoms with van der Waals surface area (Å²) in [7, 11) is -2.32. The van der Waals surface area contributed by atoms with Crippen molar-refractivity contribution in [3.8, 4) is 5.75 Å². The molecule has 32 heavy (non-hydrogen) atoms. The van der Waals surface area contributed by atoms with Gasteiger partial charge in [-0.15, -0.1) is 0 Å². The van der Waals surface area contributed by atoms with Crippen LogP contribution in [0.2, 0.25) is 5.02 Å². The molecule has 7 nitrogen and oxygen atoms in total. The summed E-state index contributed by atoms with van der Waals surface area (Å²) in [6.45, 7) is 2.60. The predicted molar refractivity (Wildman–Crippen MR) is 124 cm³/mol. The zero-order valence-electron chi connectivity index (χ0n) is 18.0. The van der Waals surface area contributed by atoms with Gasteiger partial charge in [0.2, 0.25) is 10.0 Å². The summed E-state index contributed by atoms with van der Waals surface area (Å²) in [5.41, 5.74) is 1.52. The number of likely N-dealkylation sites (tertiary alicyclic amines) is 1. The standard InChI is InChI=1S/C23H28ClN3O4S/c1-31-21-9-4-17(14-22(21)32(29,30)26-20-7-8-20)23(28)25-19-10-12-27(13-11-19)15-16-2-5-18(24)6-3-16/h2-6,9,14,19-20,26H,7-8,10-13,15H2,1H3,(H,25,28). The number of nitrogens with one attached hydrogen (secondary N) is 2. The van der Waals surface area contributed by atoms with E-state index in [9.17, 15) is 13.2 Å². The Morgan fingerprint density at radius 2 is 1.75 bits per heavy atom. The van der Waals surface area contributed by atoms with Gasteiger partial charge in [-0.05, 0) is 61.6 Å². The Morgan fingerprint density at radius 3 is 2.38 bits per heavy atom. The minimum Gasteiger partial charge on any atom is -0.495 e. The molecule has 1 heterocycles. The van der Waals surface area contributed by atoms with Gasteiger partial charge in [0.05, 0.1) is 7.11 Å². The molecule has 2 aromatic carbocycles. The van der Waals surface area contributed by atoms with Crippen molar-refractivity contribution in [1.29, 1.82) is 0 Å². The maximum Gasteiger partial charge on any atom is 0.251 e. The first kappa shape index (κ1) is 23.0. The smallest absolute Gasteiger partial charge is 0.251 e. The third kappa shape index (κ3) is 5.81. The fourth-order valence-electron chi connectivity index (χ4n) is 3.86. The Morgan fingerprint density at radius 1 is 1.06 bits per heavy atom. The van der Waals surface area contributed by atoms with E-state index in [0.29, 0.717) is 5.56 Å². The van der Waals surface area contributed by atoms with E-state index in [2.05, 4.69) is 14.9 Å². The molecular formula is C23H28ClN3O4S. The van der Waals surface area contributed by atoms with Crippen molar-refractivity contribution in [2.45, 2.75) is 49.2 Å². The second kappa shape index (κ2) is 9.79. The van der Waals surface area contributed by atoms with Crippen LogP contribution in [0.25, 0.3) is 0 Å². The first-order valence-corrected chi connectivity index (χ1v) is 12.7. The van der Waals surface area contributed by atoms with E-state index in [1.807, 2.05) is 24.3 Å². The highest BCUT2D eigenvalue weighted by Crippen LogP contribution is 2.28. The number of sulfonamides is 1. The molecule has 0 radical (unpaired) electrons. The number of hydrogen-bond acceptors (Lipinski definition) is 5. The van der Waals surface area contributed by atoms with Gasteiger partial charge >= 0.3 is 0 Å². The van der Waals surface area contributed by atoms with Crippen molar-refractivity contribution < 1.29 is 17.9 Å². The number of carbonyl (C=O) groups is 1. The van der Waals surface area contributed by atoms with Crippen LogP contribution in [0.15, 0.2) is 47.4 Å². The molecule has 0 atom stereocenters. The number of piperidine rings is 1. The van der Waals surface area contributed by atoms with Gasteiger partial charge in [0.1, 0.15) is 10.6 Å². The van der Waals surface area contributed by atoms with Crippen LogP contribution in [0.1, 0.15) is 41.6 Å². The van der Waals surface area contributed by atoms with Crippen LogP contribution in [-0.2, 0) is 16.6 Å². The molecule has 1 saturated heterocycles. The average Bonchev–Trinajstić information content (AvgIpc) is 3.59. The van der Waals surface area contributed by atoms with Gasteiger partial charge in [-0.3, -0.25) is 9.69 Å². The predicted octanol–water partition coefficient (Wildman–Crippen LogP) is 3.18. The molecule has 2 fully saturated rings. The van der Waals surface area contributed by atoms with Crippen molar-refractivity contribution in [2.24, 2.45) is 0 Å². The fourth-order valence-corrected chi connectivity index (χ4v) is 5.49. The highest BCUT2D eigenvalue weighted by Gasteiger charge is 2.30.